The second-order valence-corrected chi connectivity index (χ2v) is 6.98. The molecule has 1 heterocycles. The Morgan fingerprint density at radius 2 is 1.77 bits per heavy atom. The number of para-hydroxylation sites is 1. The Morgan fingerprint density at radius 1 is 1.04 bits per heavy atom. The zero-order chi connectivity index (χ0) is 18.4. The molecular formula is C18H15N3O3S2. The minimum atomic E-state index is -0.403. The molecule has 0 saturated carbocycles. The van der Waals surface area contributed by atoms with Crippen LogP contribution in [0.15, 0.2) is 69.9 Å². The number of anilines is 2. The Labute approximate surface area is 158 Å². The monoisotopic (exact) mass is 385 g/mol. The van der Waals surface area contributed by atoms with Gasteiger partial charge in [0.05, 0.1) is 18.4 Å². The lowest BCUT2D eigenvalue weighted by molar-refractivity contribution is 0.0597. The molecule has 132 valence electrons. The highest BCUT2D eigenvalue weighted by molar-refractivity contribution is 7.99. The van der Waals surface area contributed by atoms with Gasteiger partial charge in [0.15, 0.2) is 5.13 Å². The van der Waals surface area contributed by atoms with E-state index in [1.165, 1.54) is 30.2 Å². The van der Waals surface area contributed by atoms with Gasteiger partial charge in [-0.25, -0.2) is 14.6 Å². The van der Waals surface area contributed by atoms with Gasteiger partial charge in [0, 0.05) is 21.4 Å². The van der Waals surface area contributed by atoms with Crippen molar-refractivity contribution in [3.63, 3.8) is 0 Å². The van der Waals surface area contributed by atoms with Crippen LogP contribution in [-0.4, -0.2) is 24.1 Å². The number of amides is 2. The molecule has 2 aromatic carbocycles. The Hall–Kier alpha value is -2.84. The van der Waals surface area contributed by atoms with E-state index >= 15 is 0 Å². The molecule has 0 bridgehead atoms. The molecule has 0 radical (unpaired) electrons. The molecule has 1 aromatic heterocycles. The summed E-state index contributed by atoms with van der Waals surface area (Å²) in [6, 6.07) is 14.2. The largest absolute Gasteiger partial charge is 0.465 e. The summed E-state index contributed by atoms with van der Waals surface area (Å²) >= 11 is 2.71. The molecule has 0 fully saturated rings. The van der Waals surface area contributed by atoms with Gasteiger partial charge in [-0.2, -0.15) is 0 Å². The number of benzene rings is 2. The van der Waals surface area contributed by atoms with Gasteiger partial charge in [0.1, 0.15) is 0 Å². The number of urea groups is 1. The van der Waals surface area contributed by atoms with E-state index in [0.717, 1.165) is 9.79 Å². The number of methoxy groups -OCH3 is 1. The Bertz CT molecular complexity index is 914. The normalized spacial score (nSPS) is 10.2. The van der Waals surface area contributed by atoms with Crippen LogP contribution in [0.1, 0.15) is 10.4 Å². The molecule has 0 aliphatic heterocycles. The number of nitrogens with one attached hydrogen (secondary N) is 2. The molecule has 0 aliphatic rings. The van der Waals surface area contributed by atoms with E-state index in [2.05, 4.69) is 15.6 Å². The van der Waals surface area contributed by atoms with Gasteiger partial charge in [-0.15, -0.1) is 11.3 Å². The van der Waals surface area contributed by atoms with Crippen molar-refractivity contribution in [1.29, 1.82) is 0 Å². The zero-order valence-electron chi connectivity index (χ0n) is 13.8. The summed E-state index contributed by atoms with van der Waals surface area (Å²) in [4.78, 5) is 29.7. The highest BCUT2D eigenvalue weighted by atomic mass is 32.2. The van der Waals surface area contributed by atoms with Crippen LogP contribution in [0.3, 0.4) is 0 Å². The van der Waals surface area contributed by atoms with Crippen molar-refractivity contribution in [2.24, 2.45) is 0 Å². The fourth-order valence-corrected chi connectivity index (χ4v) is 3.69. The van der Waals surface area contributed by atoms with Gasteiger partial charge in [-0.05, 0) is 24.3 Å². The van der Waals surface area contributed by atoms with Crippen molar-refractivity contribution in [2.45, 2.75) is 9.79 Å². The fourth-order valence-electron chi connectivity index (χ4n) is 2.15. The molecule has 0 aliphatic carbocycles. The van der Waals surface area contributed by atoms with Crippen molar-refractivity contribution in [3.05, 3.63) is 65.7 Å². The third kappa shape index (κ3) is 4.41. The molecule has 3 aromatic rings. The Morgan fingerprint density at radius 3 is 2.50 bits per heavy atom. The standard InChI is InChI=1S/C18H15N3O3S2/c1-24-16(22)12-6-2-4-8-14(12)26-15-9-5-3-7-13(15)20-17(23)21-18-19-10-11-25-18/h2-11H,1H3,(H2,19,20,21,23). The van der Waals surface area contributed by atoms with Crippen LogP contribution in [0.4, 0.5) is 15.6 Å². The average Bonchev–Trinajstić information content (AvgIpc) is 3.16. The number of rotatable bonds is 5. The SMILES string of the molecule is COC(=O)c1ccccc1Sc1ccccc1NC(=O)Nc1nccs1. The molecule has 0 atom stereocenters. The highest BCUT2D eigenvalue weighted by Gasteiger charge is 2.14. The Kier molecular flexibility index (Phi) is 5.88. The summed E-state index contributed by atoms with van der Waals surface area (Å²) < 4.78 is 4.83. The smallest absolute Gasteiger partial charge is 0.339 e. The molecule has 2 N–H and O–H groups in total. The molecular weight excluding hydrogens is 370 g/mol. The number of aromatic nitrogens is 1. The van der Waals surface area contributed by atoms with E-state index in [9.17, 15) is 9.59 Å². The number of hydrogen-bond acceptors (Lipinski definition) is 6. The maximum absolute atomic E-state index is 12.2. The lowest BCUT2D eigenvalue weighted by Crippen LogP contribution is -2.19. The molecule has 0 spiro atoms. The maximum atomic E-state index is 12.2. The summed E-state index contributed by atoms with van der Waals surface area (Å²) in [7, 11) is 1.35. The number of ether oxygens (including phenoxy) is 1. The summed E-state index contributed by atoms with van der Waals surface area (Å²) in [5, 5.41) is 7.78. The topological polar surface area (TPSA) is 80.3 Å². The summed E-state index contributed by atoms with van der Waals surface area (Å²) in [5.41, 5.74) is 1.10. The quantitative estimate of drug-likeness (QED) is 0.621. The minimum Gasteiger partial charge on any atom is -0.465 e. The van der Waals surface area contributed by atoms with E-state index in [0.29, 0.717) is 16.4 Å². The fraction of sp³-hybridized carbons (Fsp3) is 0.0556. The molecule has 6 nitrogen and oxygen atoms in total. The summed E-state index contributed by atoms with van der Waals surface area (Å²) in [6.45, 7) is 0. The van der Waals surface area contributed by atoms with E-state index in [4.69, 9.17) is 4.74 Å². The van der Waals surface area contributed by atoms with Gasteiger partial charge in [0.2, 0.25) is 0 Å². The van der Waals surface area contributed by atoms with Crippen molar-refractivity contribution in [2.75, 3.05) is 17.7 Å². The second-order valence-electron chi connectivity index (χ2n) is 5.00. The van der Waals surface area contributed by atoms with Gasteiger partial charge in [-0.3, -0.25) is 5.32 Å². The first kappa shape index (κ1) is 18.0. The summed E-state index contributed by atoms with van der Waals surface area (Å²) in [6.07, 6.45) is 1.62. The van der Waals surface area contributed by atoms with E-state index < -0.39 is 5.97 Å². The predicted octanol–water partition coefficient (Wildman–Crippen LogP) is 4.72. The molecule has 3 rings (SSSR count). The van der Waals surface area contributed by atoms with Crippen molar-refractivity contribution < 1.29 is 14.3 Å². The lowest BCUT2D eigenvalue weighted by atomic mass is 10.2. The number of carbonyl (C=O) groups is 2. The van der Waals surface area contributed by atoms with Crippen LogP contribution >= 0.6 is 23.1 Å². The third-order valence-electron chi connectivity index (χ3n) is 3.30. The zero-order valence-corrected chi connectivity index (χ0v) is 15.4. The maximum Gasteiger partial charge on any atom is 0.339 e. The number of thiazole rings is 1. The molecule has 8 heteroatoms. The van der Waals surface area contributed by atoms with Crippen molar-refractivity contribution in [1.82, 2.24) is 4.98 Å². The van der Waals surface area contributed by atoms with Gasteiger partial charge in [-0.1, -0.05) is 36.0 Å². The molecule has 0 unspecified atom stereocenters. The van der Waals surface area contributed by atoms with E-state index in [1.54, 1.807) is 29.8 Å². The van der Waals surface area contributed by atoms with Gasteiger partial charge in [0.25, 0.3) is 0 Å². The third-order valence-corrected chi connectivity index (χ3v) is 5.14. The minimum absolute atomic E-state index is 0.380. The highest BCUT2D eigenvalue weighted by Crippen LogP contribution is 2.35. The molecule has 0 saturated heterocycles. The first-order valence-electron chi connectivity index (χ1n) is 7.59. The number of hydrogen-bond donors (Lipinski definition) is 2. The van der Waals surface area contributed by atoms with Crippen LogP contribution in [0.25, 0.3) is 0 Å². The van der Waals surface area contributed by atoms with Crippen molar-refractivity contribution >= 4 is 45.9 Å². The summed E-state index contributed by atoms with van der Waals surface area (Å²) in [5.74, 6) is -0.403. The van der Waals surface area contributed by atoms with Gasteiger partial charge >= 0.3 is 12.0 Å². The number of carbonyl (C=O) groups excluding carboxylic acids is 2. The van der Waals surface area contributed by atoms with Crippen LogP contribution in [0.5, 0.6) is 0 Å². The van der Waals surface area contributed by atoms with Crippen molar-refractivity contribution in [3.8, 4) is 0 Å². The van der Waals surface area contributed by atoms with Crippen LogP contribution in [-0.2, 0) is 4.74 Å². The number of esters is 1. The predicted molar refractivity (Wildman–Crippen MR) is 103 cm³/mol. The second kappa shape index (κ2) is 8.50. The van der Waals surface area contributed by atoms with E-state index in [-0.39, 0.29) is 6.03 Å². The molecule has 26 heavy (non-hydrogen) atoms. The van der Waals surface area contributed by atoms with E-state index in [1.807, 2.05) is 30.3 Å². The van der Waals surface area contributed by atoms with Gasteiger partial charge < -0.3 is 10.1 Å². The average molecular weight is 385 g/mol. The molecule has 2 amide bonds. The first-order chi connectivity index (χ1) is 12.7. The number of nitrogens with zero attached hydrogens (tertiary/aromatic N) is 1. The van der Waals surface area contributed by atoms with Crippen LogP contribution < -0.4 is 10.6 Å². The lowest BCUT2D eigenvalue weighted by Gasteiger charge is -2.12. The Balaban J connectivity index is 1.80. The first-order valence-corrected chi connectivity index (χ1v) is 9.28. The van der Waals surface area contributed by atoms with Crippen LogP contribution in [0.2, 0.25) is 0 Å². The van der Waals surface area contributed by atoms with Crippen LogP contribution in [0, 0.1) is 0 Å².